The summed E-state index contributed by atoms with van der Waals surface area (Å²) in [6, 6.07) is 2.94. The van der Waals surface area contributed by atoms with Gasteiger partial charge >= 0.3 is 5.97 Å². The number of esters is 1. The Bertz CT molecular complexity index is 1210. The van der Waals surface area contributed by atoms with E-state index in [1.807, 2.05) is 13.0 Å². The fourth-order valence-electron chi connectivity index (χ4n) is 4.09. The number of phenolic OH excluding ortho intramolecular Hbond substituents is 1. The van der Waals surface area contributed by atoms with Crippen molar-refractivity contribution in [2.75, 3.05) is 18.6 Å². The SMILES string of the molecule is CC/C(=C/CCS(C)(=O)=O)CCCCOc1cc(O)c2c(c1)/C=C/C[C@H](O)[C@H](O)C(=O)/C=C\[C@@H](C)[C@H](C)OC2=O. The molecular formula is C30H42O9S. The molecule has 3 N–H and O–H groups in total. The molecule has 0 fully saturated rings. The van der Waals surface area contributed by atoms with Gasteiger partial charge in [-0.15, -0.1) is 0 Å². The first kappa shape index (κ1) is 33.3. The van der Waals surface area contributed by atoms with Crippen LogP contribution in [0, 0.1) is 5.92 Å². The molecule has 0 bridgehead atoms. The number of carbonyl (C=O) groups is 2. The maximum Gasteiger partial charge on any atom is 0.342 e. The maximum atomic E-state index is 13.0. The normalized spacial score (nSPS) is 24.5. The molecule has 2 rings (SSSR count). The summed E-state index contributed by atoms with van der Waals surface area (Å²) in [5, 5.41) is 31.1. The van der Waals surface area contributed by atoms with Crippen molar-refractivity contribution >= 4 is 27.7 Å². The van der Waals surface area contributed by atoms with Crippen molar-refractivity contribution in [1.82, 2.24) is 0 Å². The first-order chi connectivity index (χ1) is 18.8. The van der Waals surface area contributed by atoms with Crippen molar-refractivity contribution in [3.63, 3.8) is 0 Å². The number of allylic oxidation sites excluding steroid dienone is 2. The highest BCUT2D eigenvalue weighted by molar-refractivity contribution is 7.90. The second kappa shape index (κ2) is 15.7. The molecular weight excluding hydrogens is 536 g/mol. The van der Waals surface area contributed by atoms with Crippen molar-refractivity contribution < 1.29 is 42.8 Å². The van der Waals surface area contributed by atoms with E-state index in [-0.39, 0.29) is 29.4 Å². The number of hydrogen-bond acceptors (Lipinski definition) is 9. The number of aliphatic hydroxyl groups is 2. The van der Waals surface area contributed by atoms with E-state index in [2.05, 4.69) is 0 Å². The molecule has 0 unspecified atom stereocenters. The van der Waals surface area contributed by atoms with Crippen LogP contribution in [-0.4, -0.2) is 72.4 Å². The van der Waals surface area contributed by atoms with Gasteiger partial charge in [0.05, 0.1) is 18.5 Å². The van der Waals surface area contributed by atoms with Gasteiger partial charge < -0.3 is 24.8 Å². The molecule has 4 atom stereocenters. The Balaban J connectivity index is 2.14. The third-order valence-electron chi connectivity index (χ3n) is 6.79. The molecule has 0 aliphatic carbocycles. The number of phenols is 1. The Hall–Kier alpha value is -2.95. The highest BCUT2D eigenvalue weighted by Crippen LogP contribution is 2.31. The number of aliphatic hydroxyl groups excluding tert-OH is 2. The second-order valence-electron chi connectivity index (χ2n) is 10.2. The Morgan fingerprint density at radius 1 is 1.15 bits per heavy atom. The molecule has 0 saturated heterocycles. The number of sulfone groups is 1. The Morgan fingerprint density at radius 2 is 1.88 bits per heavy atom. The molecule has 1 aliphatic rings. The zero-order chi connectivity index (χ0) is 29.9. The molecule has 0 amide bonds. The lowest BCUT2D eigenvalue weighted by molar-refractivity contribution is -0.127. The Kier molecular flexibility index (Phi) is 13.1. The lowest BCUT2D eigenvalue weighted by Crippen LogP contribution is -2.32. The number of hydrogen-bond donors (Lipinski definition) is 3. The number of benzene rings is 1. The van der Waals surface area contributed by atoms with Crippen LogP contribution < -0.4 is 4.74 Å². The van der Waals surface area contributed by atoms with Crippen molar-refractivity contribution in [2.24, 2.45) is 5.92 Å². The molecule has 0 saturated carbocycles. The summed E-state index contributed by atoms with van der Waals surface area (Å²) >= 11 is 0. The van der Waals surface area contributed by atoms with Crippen LogP contribution in [0.25, 0.3) is 6.08 Å². The molecule has 40 heavy (non-hydrogen) atoms. The largest absolute Gasteiger partial charge is 0.507 e. The van der Waals surface area contributed by atoms with Crippen molar-refractivity contribution in [1.29, 1.82) is 0 Å². The minimum Gasteiger partial charge on any atom is -0.507 e. The van der Waals surface area contributed by atoms with E-state index in [1.54, 1.807) is 19.9 Å². The minimum atomic E-state index is -2.99. The topological polar surface area (TPSA) is 147 Å². The summed E-state index contributed by atoms with van der Waals surface area (Å²) in [6.07, 6.45) is 9.00. The van der Waals surface area contributed by atoms with E-state index < -0.39 is 39.9 Å². The predicted octanol–water partition coefficient (Wildman–Crippen LogP) is 4.16. The van der Waals surface area contributed by atoms with E-state index >= 15 is 0 Å². The van der Waals surface area contributed by atoms with Gasteiger partial charge in [-0.25, -0.2) is 13.2 Å². The van der Waals surface area contributed by atoms with Gasteiger partial charge in [0.25, 0.3) is 0 Å². The second-order valence-corrected chi connectivity index (χ2v) is 12.5. The van der Waals surface area contributed by atoms with Crippen molar-refractivity contribution in [2.45, 2.75) is 77.6 Å². The summed E-state index contributed by atoms with van der Waals surface area (Å²) in [7, 11) is -2.99. The average Bonchev–Trinajstić information content (AvgIpc) is 2.88. The van der Waals surface area contributed by atoms with Crippen molar-refractivity contribution in [3.05, 3.63) is 53.1 Å². The molecule has 222 valence electrons. The number of ether oxygens (including phenoxy) is 2. The number of fused-ring (bicyclic) bond motifs is 1. The Morgan fingerprint density at radius 3 is 2.55 bits per heavy atom. The van der Waals surface area contributed by atoms with Gasteiger partial charge in [-0.1, -0.05) is 43.7 Å². The minimum absolute atomic E-state index is 0.0541. The molecule has 1 heterocycles. The van der Waals surface area contributed by atoms with Crippen molar-refractivity contribution in [3.8, 4) is 11.5 Å². The fraction of sp³-hybridized carbons (Fsp3) is 0.533. The van der Waals surface area contributed by atoms with E-state index in [9.17, 15) is 33.3 Å². The molecule has 0 radical (unpaired) electrons. The molecule has 1 aliphatic heterocycles. The molecule has 1 aromatic carbocycles. The van der Waals surface area contributed by atoms with Gasteiger partial charge in [-0.05, 0) is 63.2 Å². The highest BCUT2D eigenvalue weighted by Gasteiger charge is 2.25. The van der Waals surface area contributed by atoms with Crippen LogP contribution in [-0.2, 0) is 19.4 Å². The fourth-order valence-corrected chi connectivity index (χ4v) is 4.64. The van der Waals surface area contributed by atoms with Gasteiger partial charge in [-0.3, -0.25) is 4.79 Å². The lowest BCUT2D eigenvalue weighted by Gasteiger charge is -2.20. The van der Waals surface area contributed by atoms with Crippen LogP contribution in [0.15, 0.2) is 42.0 Å². The Labute approximate surface area is 237 Å². The summed E-state index contributed by atoms with van der Waals surface area (Å²) < 4.78 is 34.0. The van der Waals surface area contributed by atoms with Gasteiger partial charge in [0.15, 0.2) is 5.78 Å². The van der Waals surface area contributed by atoms with Crippen LogP contribution >= 0.6 is 0 Å². The van der Waals surface area contributed by atoms with E-state index in [4.69, 9.17) is 9.47 Å². The standard InChI is InChI=1S/C30H42O9S/c1-5-22(11-9-17-40(4,36)37)10-6-7-16-38-24-18-23-12-8-13-25(31)29(34)26(32)15-14-20(2)21(3)39-30(35)28(23)27(33)19-24/h8,11-12,14-15,18-21,25,29,31,33-34H,5-7,9-10,13,16-17H2,1-4H3/b12-8+,15-14-,22-11-/t20-,21+,25+,29+/m1/s1. The van der Waals surface area contributed by atoms with Gasteiger partial charge in [-0.2, -0.15) is 0 Å². The zero-order valence-electron chi connectivity index (χ0n) is 23.7. The molecule has 0 aromatic heterocycles. The van der Waals surface area contributed by atoms with E-state index in [0.717, 1.165) is 25.7 Å². The van der Waals surface area contributed by atoms with E-state index in [1.165, 1.54) is 42.2 Å². The third-order valence-corrected chi connectivity index (χ3v) is 7.77. The van der Waals surface area contributed by atoms with Gasteiger partial charge in [0.2, 0.25) is 0 Å². The first-order valence-electron chi connectivity index (χ1n) is 13.6. The molecule has 9 nitrogen and oxygen atoms in total. The quantitative estimate of drug-likeness (QED) is 0.211. The smallest absolute Gasteiger partial charge is 0.342 e. The first-order valence-corrected chi connectivity index (χ1v) is 15.7. The number of unbranched alkanes of at least 4 members (excludes halogenated alkanes) is 1. The maximum absolute atomic E-state index is 13.0. The number of ketones is 1. The summed E-state index contributed by atoms with van der Waals surface area (Å²) in [5.74, 6) is -1.60. The molecule has 1 aromatic rings. The van der Waals surface area contributed by atoms with Gasteiger partial charge in [0.1, 0.15) is 39.1 Å². The highest BCUT2D eigenvalue weighted by atomic mass is 32.2. The monoisotopic (exact) mass is 578 g/mol. The van der Waals surface area contributed by atoms with Crippen LogP contribution in [0.2, 0.25) is 0 Å². The third kappa shape index (κ3) is 10.9. The molecule has 0 spiro atoms. The number of aromatic hydroxyl groups is 1. The summed E-state index contributed by atoms with van der Waals surface area (Å²) in [4.78, 5) is 25.2. The van der Waals surface area contributed by atoms with Crippen LogP contribution in [0.1, 0.15) is 75.2 Å². The number of carbonyl (C=O) groups excluding carboxylic acids is 2. The van der Waals surface area contributed by atoms with Crippen LogP contribution in [0.4, 0.5) is 0 Å². The van der Waals surface area contributed by atoms with Crippen LogP contribution in [0.5, 0.6) is 11.5 Å². The van der Waals surface area contributed by atoms with E-state index in [0.29, 0.717) is 24.3 Å². The predicted molar refractivity (Wildman–Crippen MR) is 154 cm³/mol. The number of rotatable bonds is 10. The molecule has 10 heteroatoms. The zero-order valence-corrected chi connectivity index (χ0v) is 24.5. The van der Waals surface area contributed by atoms with Gasteiger partial charge in [0, 0.05) is 18.2 Å². The number of cyclic esters (lactones) is 1. The summed E-state index contributed by atoms with van der Waals surface area (Å²) in [5.41, 5.74) is 1.45. The average molecular weight is 579 g/mol. The van der Waals surface area contributed by atoms with Crippen LogP contribution in [0.3, 0.4) is 0 Å². The lowest BCUT2D eigenvalue weighted by atomic mass is 9.99. The summed E-state index contributed by atoms with van der Waals surface area (Å²) in [6.45, 7) is 5.79.